The van der Waals surface area contributed by atoms with Gasteiger partial charge in [-0.3, -0.25) is 4.79 Å². The van der Waals surface area contributed by atoms with Gasteiger partial charge in [-0.25, -0.2) is 0 Å². The van der Waals surface area contributed by atoms with Crippen molar-refractivity contribution < 1.29 is 9.32 Å². The van der Waals surface area contributed by atoms with Crippen LogP contribution in [0.5, 0.6) is 0 Å². The first-order valence-electron chi connectivity index (χ1n) is 7.71. The molecular weight excluding hydrogens is 324 g/mol. The van der Waals surface area contributed by atoms with Crippen LogP contribution in [-0.2, 0) is 0 Å². The van der Waals surface area contributed by atoms with Crippen LogP contribution >= 0.6 is 11.6 Å². The van der Waals surface area contributed by atoms with E-state index in [1.54, 1.807) is 17.9 Å². The van der Waals surface area contributed by atoms with E-state index >= 15 is 0 Å². The molecule has 0 saturated carbocycles. The van der Waals surface area contributed by atoms with Crippen molar-refractivity contribution in [3.8, 4) is 11.3 Å². The molecule has 0 aliphatic carbocycles. The zero-order valence-corrected chi connectivity index (χ0v) is 14.2. The van der Waals surface area contributed by atoms with Crippen LogP contribution in [0.2, 0.25) is 5.02 Å². The second-order valence-electron chi connectivity index (χ2n) is 5.33. The number of hydrogen-bond donors (Lipinski definition) is 0. The summed E-state index contributed by atoms with van der Waals surface area (Å²) in [5.74, 6) is 0.321. The first-order chi connectivity index (χ1) is 11.6. The smallest absolute Gasteiger partial charge is 0.264 e. The normalized spacial score (nSPS) is 10.6. The van der Waals surface area contributed by atoms with Gasteiger partial charge >= 0.3 is 0 Å². The van der Waals surface area contributed by atoms with E-state index in [-0.39, 0.29) is 5.91 Å². The number of amides is 1. The minimum absolute atomic E-state index is 0.155. The average molecular weight is 341 g/mol. The van der Waals surface area contributed by atoms with Crippen molar-refractivity contribution >= 4 is 23.2 Å². The maximum absolute atomic E-state index is 13.1. The Morgan fingerprint density at radius 1 is 1.12 bits per heavy atom. The molecule has 0 N–H and O–H groups in total. The molecule has 5 heteroatoms. The minimum atomic E-state index is -0.155. The van der Waals surface area contributed by atoms with Crippen molar-refractivity contribution in [2.45, 2.75) is 13.8 Å². The van der Waals surface area contributed by atoms with Crippen LogP contribution in [0.3, 0.4) is 0 Å². The quantitative estimate of drug-likeness (QED) is 0.673. The molecule has 1 amide bonds. The van der Waals surface area contributed by atoms with E-state index in [1.165, 1.54) is 0 Å². The molecule has 1 aromatic heterocycles. The molecule has 0 atom stereocenters. The number of anilines is 1. The Balaban J connectivity index is 2.08. The van der Waals surface area contributed by atoms with Crippen molar-refractivity contribution in [2.75, 3.05) is 11.4 Å². The largest absolute Gasteiger partial charge is 0.360 e. The number of aromatic nitrogens is 1. The molecule has 3 rings (SSSR count). The van der Waals surface area contributed by atoms with Crippen LogP contribution in [0.25, 0.3) is 11.3 Å². The number of benzene rings is 2. The summed E-state index contributed by atoms with van der Waals surface area (Å²) in [6.45, 7) is 4.21. The van der Waals surface area contributed by atoms with Gasteiger partial charge in [0.05, 0.1) is 5.02 Å². The molecule has 24 heavy (non-hydrogen) atoms. The summed E-state index contributed by atoms with van der Waals surface area (Å²) >= 11 is 6.27. The van der Waals surface area contributed by atoms with E-state index in [2.05, 4.69) is 5.16 Å². The minimum Gasteiger partial charge on any atom is -0.360 e. The van der Waals surface area contributed by atoms with Gasteiger partial charge < -0.3 is 9.42 Å². The van der Waals surface area contributed by atoms with E-state index in [0.717, 1.165) is 5.69 Å². The highest BCUT2D eigenvalue weighted by Gasteiger charge is 2.27. The molecule has 0 aliphatic heterocycles. The maximum Gasteiger partial charge on any atom is 0.264 e. The summed E-state index contributed by atoms with van der Waals surface area (Å²) in [6.07, 6.45) is 0. The highest BCUT2D eigenvalue weighted by molar-refractivity contribution is 6.33. The van der Waals surface area contributed by atoms with E-state index in [0.29, 0.717) is 34.1 Å². The number of halogens is 1. The summed E-state index contributed by atoms with van der Waals surface area (Å²) in [7, 11) is 0. The van der Waals surface area contributed by atoms with E-state index < -0.39 is 0 Å². The first-order valence-corrected chi connectivity index (χ1v) is 8.09. The highest BCUT2D eigenvalue weighted by Crippen LogP contribution is 2.32. The van der Waals surface area contributed by atoms with Gasteiger partial charge in [0.1, 0.15) is 17.0 Å². The Kier molecular flexibility index (Phi) is 4.67. The molecule has 1 heterocycles. The van der Waals surface area contributed by atoms with E-state index in [1.807, 2.05) is 55.5 Å². The van der Waals surface area contributed by atoms with Gasteiger partial charge in [0.15, 0.2) is 0 Å². The molecule has 4 nitrogen and oxygen atoms in total. The lowest BCUT2D eigenvalue weighted by Gasteiger charge is -2.21. The lowest BCUT2D eigenvalue weighted by Crippen LogP contribution is -2.31. The third kappa shape index (κ3) is 2.93. The van der Waals surface area contributed by atoms with Gasteiger partial charge in [0.2, 0.25) is 0 Å². The number of carbonyl (C=O) groups excluding carboxylic acids is 1. The fourth-order valence-electron chi connectivity index (χ4n) is 2.65. The van der Waals surface area contributed by atoms with Crippen LogP contribution in [0.15, 0.2) is 59.1 Å². The predicted molar refractivity (Wildman–Crippen MR) is 95.5 cm³/mol. The Morgan fingerprint density at radius 3 is 2.46 bits per heavy atom. The van der Waals surface area contributed by atoms with Crippen LogP contribution in [0.4, 0.5) is 5.69 Å². The van der Waals surface area contributed by atoms with Crippen LogP contribution in [-0.4, -0.2) is 17.6 Å². The number of aryl methyl sites for hydroxylation is 1. The van der Waals surface area contributed by atoms with Crippen molar-refractivity contribution in [3.05, 3.63) is 70.9 Å². The summed E-state index contributed by atoms with van der Waals surface area (Å²) in [5.41, 5.74) is 2.42. The SMILES string of the molecule is CCN(C(=O)c1c(-c2ccccc2Cl)noc1C)c1ccccc1. The fourth-order valence-corrected chi connectivity index (χ4v) is 2.87. The van der Waals surface area contributed by atoms with Crippen molar-refractivity contribution in [2.24, 2.45) is 0 Å². The Labute approximate surface area is 145 Å². The van der Waals surface area contributed by atoms with Crippen molar-refractivity contribution in [1.29, 1.82) is 0 Å². The van der Waals surface area contributed by atoms with Crippen LogP contribution < -0.4 is 4.90 Å². The zero-order valence-electron chi connectivity index (χ0n) is 13.5. The van der Waals surface area contributed by atoms with E-state index in [9.17, 15) is 4.79 Å². The number of nitrogens with zero attached hydrogens (tertiary/aromatic N) is 2. The fraction of sp³-hybridized carbons (Fsp3) is 0.158. The zero-order chi connectivity index (χ0) is 17.1. The highest BCUT2D eigenvalue weighted by atomic mass is 35.5. The summed E-state index contributed by atoms with van der Waals surface area (Å²) in [4.78, 5) is 14.8. The van der Waals surface area contributed by atoms with Crippen molar-refractivity contribution in [3.63, 3.8) is 0 Å². The molecule has 0 spiro atoms. The molecule has 0 bridgehead atoms. The third-order valence-corrected chi connectivity index (χ3v) is 4.16. The number of carbonyl (C=O) groups is 1. The molecule has 0 saturated heterocycles. The molecular formula is C19H17ClN2O2. The molecule has 0 aliphatic rings. The van der Waals surface area contributed by atoms with Gasteiger partial charge in [0, 0.05) is 17.8 Å². The topological polar surface area (TPSA) is 46.3 Å². The second kappa shape index (κ2) is 6.89. The van der Waals surface area contributed by atoms with Gasteiger partial charge in [-0.1, -0.05) is 53.2 Å². The number of para-hydroxylation sites is 1. The number of rotatable bonds is 4. The maximum atomic E-state index is 13.1. The van der Waals surface area contributed by atoms with Crippen molar-refractivity contribution in [1.82, 2.24) is 5.16 Å². The Hall–Kier alpha value is -2.59. The van der Waals surface area contributed by atoms with Gasteiger partial charge in [-0.2, -0.15) is 0 Å². The third-order valence-electron chi connectivity index (χ3n) is 3.83. The van der Waals surface area contributed by atoms with Gasteiger partial charge in [-0.15, -0.1) is 0 Å². The summed E-state index contributed by atoms with van der Waals surface area (Å²) < 4.78 is 5.30. The van der Waals surface area contributed by atoms with Crippen LogP contribution in [0.1, 0.15) is 23.0 Å². The molecule has 2 aromatic carbocycles. The van der Waals surface area contributed by atoms with Gasteiger partial charge in [0.25, 0.3) is 5.91 Å². The standard InChI is InChI=1S/C19H17ClN2O2/c1-3-22(14-9-5-4-6-10-14)19(23)17-13(2)24-21-18(17)15-11-7-8-12-16(15)20/h4-12H,3H2,1-2H3. The molecule has 0 unspecified atom stereocenters. The predicted octanol–water partition coefficient (Wildman–Crippen LogP) is 4.97. The molecule has 0 fully saturated rings. The summed E-state index contributed by atoms with van der Waals surface area (Å²) in [6, 6.07) is 16.8. The lowest BCUT2D eigenvalue weighted by molar-refractivity contribution is 0.0987. The Morgan fingerprint density at radius 2 is 1.79 bits per heavy atom. The lowest BCUT2D eigenvalue weighted by atomic mass is 10.0. The monoisotopic (exact) mass is 340 g/mol. The van der Waals surface area contributed by atoms with Crippen LogP contribution in [0, 0.1) is 6.92 Å². The van der Waals surface area contributed by atoms with Gasteiger partial charge in [-0.05, 0) is 32.0 Å². The Bertz CT molecular complexity index is 859. The average Bonchev–Trinajstić information content (AvgIpc) is 2.98. The summed E-state index contributed by atoms with van der Waals surface area (Å²) in [5, 5.41) is 4.60. The molecule has 0 radical (unpaired) electrons. The second-order valence-corrected chi connectivity index (χ2v) is 5.73. The first kappa shape index (κ1) is 16.3. The molecule has 3 aromatic rings. The number of hydrogen-bond acceptors (Lipinski definition) is 3. The van der Waals surface area contributed by atoms with E-state index in [4.69, 9.17) is 16.1 Å². The molecule has 122 valence electrons.